The summed E-state index contributed by atoms with van der Waals surface area (Å²) < 4.78 is 5.54. The highest BCUT2D eigenvalue weighted by molar-refractivity contribution is 7.99. The Kier molecular flexibility index (Phi) is 5.26. The number of aromatic nitrogens is 2. The average Bonchev–Trinajstić information content (AvgIpc) is 2.68. The Balaban J connectivity index is 1.87. The van der Waals surface area contributed by atoms with Crippen molar-refractivity contribution < 1.29 is 9.53 Å². The van der Waals surface area contributed by atoms with Crippen molar-refractivity contribution in [3.05, 3.63) is 57.0 Å². The van der Waals surface area contributed by atoms with Crippen molar-refractivity contribution in [2.45, 2.75) is 44.2 Å². The molecule has 28 heavy (non-hydrogen) atoms. The molecule has 2 aliphatic rings. The van der Waals surface area contributed by atoms with Crippen LogP contribution in [0.2, 0.25) is 0 Å². The van der Waals surface area contributed by atoms with Gasteiger partial charge in [-0.3, -0.25) is 9.59 Å². The summed E-state index contributed by atoms with van der Waals surface area (Å²) in [6.45, 7) is 4.54. The highest BCUT2D eigenvalue weighted by Crippen LogP contribution is 2.43. The largest absolute Gasteiger partial charge is 0.494 e. The van der Waals surface area contributed by atoms with Gasteiger partial charge in [-0.05, 0) is 43.2 Å². The van der Waals surface area contributed by atoms with Crippen LogP contribution in [0.4, 0.5) is 5.82 Å². The number of aromatic amines is 1. The van der Waals surface area contributed by atoms with E-state index in [1.165, 1.54) is 11.8 Å². The fourth-order valence-corrected chi connectivity index (χ4v) is 4.50. The lowest BCUT2D eigenvalue weighted by Gasteiger charge is -2.32. The third kappa shape index (κ3) is 3.35. The Bertz CT molecular complexity index is 995. The maximum absolute atomic E-state index is 13.0. The Morgan fingerprint density at radius 3 is 2.68 bits per heavy atom. The van der Waals surface area contributed by atoms with Crippen molar-refractivity contribution in [3.8, 4) is 5.75 Å². The number of ether oxygens (including phenoxy) is 1. The third-order valence-corrected chi connectivity index (χ3v) is 5.80. The summed E-state index contributed by atoms with van der Waals surface area (Å²) in [6, 6.07) is 7.64. The number of nitrogens with zero attached hydrogens (tertiary/aromatic N) is 1. The summed E-state index contributed by atoms with van der Waals surface area (Å²) >= 11 is 1.49. The monoisotopic (exact) mass is 397 g/mol. The van der Waals surface area contributed by atoms with E-state index in [-0.39, 0.29) is 11.3 Å². The van der Waals surface area contributed by atoms with Crippen molar-refractivity contribution in [2.24, 2.45) is 0 Å². The minimum atomic E-state index is -0.411. The fraction of sp³-hybridized carbons (Fsp3) is 0.381. The molecule has 1 aliphatic carbocycles. The van der Waals surface area contributed by atoms with Crippen molar-refractivity contribution in [1.29, 1.82) is 0 Å². The molecule has 0 bridgehead atoms. The standard InChI is InChI=1S/C21H23N3O3S/c1-3-27-13-10-8-12(9-11-13)16-17-14(6-5-7-15(17)25)22-19-18(16)20(26)24-21(23-19)28-4-2/h8-11,16H,3-7H2,1-2H3,(H2,22,23,24,26)/t16-/m0/s1. The maximum atomic E-state index is 13.0. The molecule has 4 rings (SSSR count). The van der Waals surface area contributed by atoms with Gasteiger partial charge in [0.2, 0.25) is 0 Å². The number of benzene rings is 1. The van der Waals surface area contributed by atoms with E-state index in [1.54, 1.807) is 0 Å². The van der Waals surface area contributed by atoms with Crippen LogP contribution in [0.1, 0.15) is 50.2 Å². The average molecular weight is 398 g/mol. The highest BCUT2D eigenvalue weighted by Gasteiger charge is 2.37. The lowest BCUT2D eigenvalue weighted by Crippen LogP contribution is -2.32. The Labute approximate surface area is 167 Å². The topological polar surface area (TPSA) is 84.1 Å². The van der Waals surface area contributed by atoms with Gasteiger partial charge in [0.05, 0.1) is 12.2 Å². The summed E-state index contributed by atoms with van der Waals surface area (Å²) in [5.74, 6) is 1.84. The van der Waals surface area contributed by atoms with Gasteiger partial charge in [0.15, 0.2) is 10.9 Å². The van der Waals surface area contributed by atoms with Crippen LogP contribution in [0.15, 0.2) is 45.5 Å². The zero-order valence-corrected chi connectivity index (χ0v) is 16.8. The minimum absolute atomic E-state index is 0.102. The molecule has 2 heterocycles. The van der Waals surface area contributed by atoms with Crippen LogP contribution in [0.3, 0.4) is 0 Å². The summed E-state index contributed by atoms with van der Waals surface area (Å²) in [5.41, 5.74) is 2.81. The summed E-state index contributed by atoms with van der Waals surface area (Å²) in [6.07, 6.45) is 2.12. The second kappa shape index (κ2) is 7.83. The van der Waals surface area contributed by atoms with Crippen LogP contribution in [0, 0.1) is 0 Å². The van der Waals surface area contributed by atoms with Gasteiger partial charge in [-0.1, -0.05) is 30.8 Å². The number of nitrogens with one attached hydrogen (secondary N) is 2. The molecule has 2 N–H and O–H groups in total. The first-order valence-electron chi connectivity index (χ1n) is 9.65. The van der Waals surface area contributed by atoms with Crippen molar-refractivity contribution in [3.63, 3.8) is 0 Å². The van der Waals surface area contributed by atoms with Crippen molar-refractivity contribution in [2.75, 3.05) is 17.7 Å². The van der Waals surface area contributed by atoms with Gasteiger partial charge in [-0.15, -0.1) is 0 Å². The molecule has 146 valence electrons. The summed E-state index contributed by atoms with van der Waals surface area (Å²) in [4.78, 5) is 33.3. The summed E-state index contributed by atoms with van der Waals surface area (Å²) in [7, 11) is 0. The molecule has 0 fully saturated rings. The number of hydrogen-bond acceptors (Lipinski definition) is 6. The van der Waals surface area contributed by atoms with Crippen LogP contribution in [-0.4, -0.2) is 28.1 Å². The molecule has 0 radical (unpaired) electrons. The lowest BCUT2D eigenvalue weighted by atomic mass is 9.76. The van der Waals surface area contributed by atoms with E-state index >= 15 is 0 Å². The maximum Gasteiger partial charge on any atom is 0.257 e. The number of carbonyl (C=O) groups excluding carboxylic acids is 1. The second-order valence-corrected chi connectivity index (χ2v) is 8.05. The first-order valence-corrected chi connectivity index (χ1v) is 10.6. The zero-order chi connectivity index (χ0) is 19.7. The van der Waals surface area contributed by atoms with Gasteiger partial charge in [-0.2, -0.15) is 0 Å². The lowest BCUT2D eigenvalue weighted by molar-refractivity contribution is -0.116. The minimum Gasteiger partial charge on any atom is -0.494 e. The van der Waals surface area contributed by atoms with Gasteiger partial charge in [0.25, 0.3) is 5.56 Å². The molecule has 2 aromatic rings. The second-order valence-electron chi connectivity index (χ2n) is 6.80. The van der Waals surface area contributed by atoms with Gasteiger partial charge >= 0.3 is 0 Å². The predicted octanol–water partition coefficient (Wildman–Crippen LogP) is 3.85. The normalized spacial score (nSPS) is 18.4. The molecule has 1 atom stereocenters. The number of rotatable bonds is 5. The quantitative estimate of drug-likeness (QED) is 0.589. The van der Waals surface area contributed by atoms with Crippen molar-refractivity contribution >= 4 is 23.4 Å². The van der Waals surface area contributed by atoms with E-state index in [9.17, 15) is 9.59 Å². The molecule has 0 saturated heterocycles. The smallest absolute Gasteiger partial charge is 0.257 e. The number of carbonyl (C=O) groups is 1. The molecule has 0 spiro atoms. The van der Waals surface area contributed by atoms with Gasteiger partial charge in [-0.25, -0.2) is 4.98 Å². The van der Waals surface area contributed by atoms with Crippen LogP contribution in [0.5, 0.6) is 5.75 Å². The van der Waals surface area contributed by atoms with Crippen LogP contribution in [0.25, 0.3) is 0 Å². The van der Waals surface area contributed by atoms with Crippen LogP contribution >= 0.6 is 11.8 Å². The number of anilines is 1. The van der Waals surface area contributed by atoms with E-state index in [0.29, 0.717) is 35.1 Å². The molecule has 1 aromatic carbocycles. The first-order chi connectivity index (χ1) is 13.6. The molecule has 7 heteroatoms. The van der Waals surface area contributed by atoms with E-state index in [2.05, 4.69) is 15.3 Å². The molecule has 0 unspecified atom stereocenters. The van der Waals surface area contributed by atoms with Crippen LogP contribution in [-0.2, 0) is 4.79 Å². The number of H-pyrrole nitrogens is 1. The fourth-order valence-electron chi connectivity index (χ4n) is 3.90. The number of hydrogen-bond donors (Lipinski definition) is 2. The number of allylic oxidation sites excluding steroid dienone is 2. The third-order valence-electron chi connectivity index (χ3n) is 5.04. The van der Waals surface area contributed by atoms with Gasteiger partial charge in [0, 0.05) is 23.6 Å². The van der Waals surface area contributed by atoms with Gasteiger partial charge in [0.1, 0.15) is 11.6 Å². The van der Waals surface area contributed by atoms with E-state index in [0.717, 1.165) is 35.6 Å². The zero-order valence-electron chi connectivity index (χ0n) is 16.0. The number of Topliss-reactive ketones (excluding diaryl/α,β-unsaturated/α-hetero) is 1. The molecule has 6 nitrogen and oxygen atoms in total. The predicted molar refractivity (Wildman–Crippen MR) is 110 cm³/mol. The Morgan fingerprint density at radius 2 is 1.96 bits per heavy atom. The SMILES string of the molecule is CCOc1ccc([C@H]2C3=C(CCCC3=O)Nc3nc(SCC)[nH]c(=O)c32)cc1. The molecule has 1 aliphatic heterocycles. The molecule has 1 aromatic heterocycles. The first kappa shape index (κ1) is 18.8. The molecular formula is C21H23N3O3S. The summed E-state index contributed by atoms with van der Waals surface area (Å²) in [5, 5.41) is 3.88. The molecule has 0 amide bonds. The number of ketones is 1. The Morgan fingerprint density at radius 1 is 1.18 bits per heavy atom. The van der Waals surface area contributed by atoms with E-state index in [4.69, 9.17) is 4.74 Å². The highest BCUT2D eigenvalue weighted by atomic mass is 32.2. The van der Waals surface area contributed by atoms with E-state index in [1.807, 2.05) is 38.1 Å². The van der Waals surface area contributed by atoms with Crippen LogP contribution < -0.4 is 15.6 Å². The van der Waals surface area contributed by atoms with E-state index < -0.39 is 5.92 Å². The van der Waals surface area contributed by atoms with Gasteiger partial charge < -0.3 is 15.0 Å². The molecule has 0 saturated carbocycles. The number of thioether (sulfide) groups is 1. The van der Waals surface area contributed by atoms with Crippen molar-refractivity contribution in [1.82, 2.24) is 9.97 Å². The Hall–Kier alpha value is -2.54. The number of fused-ring (bicyclic) bond motifs is 1. The molecular weight excluding hydrogens is 374 g/mol.